The predicted octanol–water partition coefficient (Wildman–Crippen LogP) is 4.35. The van der Waals surface area contributed by atoms with Gasteiger partial charge in [0.15, 0.2) is 0 Å². The number of nitrogens with two attached hydrogens (primary N) is 1. The number of amides is 3. The van der Waals surface area contributed by atoms with Crippen LogP contribution in [0.5, 0.6) is 17.2 Å². The lowest BCUT2D eigenvalue weighted by molar-refractivity contribution is -0.121. The van der Waals surface area contributed by atoms with E-state index in [9.17, 15) is 14.4 Å². The van der Waals surface area contributed by atoms with Gasteiger partial charge in [0, 0.05) is 31.6 Å². The van der Waals surface area contributed by atoms with Crippen molar-refractivity contribution in [1.82, 2.24) is 24.8 Å². The van der Waals surface area contributed by atoms with Crippen LogP contribution in [0.4, 0.5) is 5.95 Å². The summed E-state index contributed by atoms with van der Waals surface area (Å²) in [6.45, 7) is 4.96. The highest BCUT2D eigenvalue weighted by molar-refractivity contribution is 6.04. The highest BCUT2D eigenvalue weighted by atomic mass is 16.5. The summed E-state index contributed by atoms with van der Waals surface area (Å²) in [6, 6.07) is 21.8. The molecule has 0 saturated carbocycles. The number of imidazole rings is 1. The molecule has 0 radical (unpaired) electrons. The number of para-hydroxylation sites is 1. The second-order valence-electron chi connectivity index (χ2n) is 10.5. The molecule has 2 aromatic heterocycles. The van der Waals surface area contributed by atoms with Crippen LogP contribution in [0, 0.1) is 6.92 Å². The van der Waals surface area contributed by atoms with Crippen LogP contribution >= 0.6 is 0 Å². The third-order valence-corrected chi connectivity index (χ3v) is 7.12. The molecular formula is C33H36N8O5. The van der Waals surface area contributed by atoms with Gasteiger partial charge in [-0.25, -0.2) is 9.66 Å². The maximum absolute atomic E-state index is 13.3. The number of anilines is 1. The Kier molecular flexibility index (Phi) is 9.81. The number of nitrogens with one attached hydrogen (secondary N) is 3. The van der Waals surface area contributed by atoms with Gasteiger partial charge in [0.05, 0.1) is 18.3 Å². The second kappa shape index (κ2) is 14.3. The van der Waals surface area contributed by atoms with Gasteiger partial charge in [-0.1, -0.05) is 30.3 Å². The number of carbonyl (C=O) groups excluding carboxylic acids is 3. The molecule has 3 aromatic carbocycles. The third-order valence-electron chi connectivity index (χ3n) is 7.12. The first kappa shape index (κ1) is 31.6. The molecule has 0 unspecified atom stereocenters. The molecule has 5 rings (SSSR count). The second-order valence-corrected chi connectivity index (χ2v) is 10.5. The van der Waals surface area contributed by atoms with Gasteiger partial charge >= 0.3 is 0 Å². The largest absolute Gasteiger partial charge is 0.494 e. The fourth-order valence-corrected chi connectivity index (χ4v) is 4.87. The van der Waals surface area contributed by atoms with E-state index < -0.39 is 11.8 Å². The number of fused-ring (bicyclic) bond motifs is 1. The van der Waals surface area contributed by atoms with E-state index in [1.807, 2.05) is 68.4 Å². The fraction of sp³-hybridized carbons (Fsp3) is 0.242. The molecule has 0 aliphatic carbocycles. The summed E-state index contributed by atoms with van der Waals surface area (Å²) in [5, 5.41) is 10.1. The number of aromatic nitrogens is 4. The molecule has 46 heavy (non-hydrogen) atoms. The first-order valence-corrected chi connectivity index (χ1v) is 14.8. The number of nitrogens with zero attached hydrogens (tertiary/aromatic N) is 4. The Bertz CT molecular complexity index is 1850. The van der Waals surface area contributed by atoms with Crippen LogP contribution < -0.4 is 31.3 Å². The average molecular weight is 625 g/mol. The van der Waals surface area contributed by atoms with Crippen molar-refractivity contribution in [2.24, 2.45) is 5.73 Å². The number of rotatable bonds is 14. The number of hydrogen-bond acceptors (Lipinski definition) is 8. The number of ether oxygens (including phenoxy) is 2. The zero-order valence-electron chi connectivity index (χ0n) is 25.9. The minimum atomic E-state index is -0.641. The lowest BCUT2D eigenvalue weighted by atomic mass is 10.1. The number of carbonyl (C=O) groups is 3. The number of methoxy groups -OCH3 is 1. The van der Waals surface area contributed by atoms with Gasteiger partial charge in [-0.2, -0.15) is 5.10 Å². The minimum absolute atomic E-state index is 0.109. The van der Waals surface area contributed by atoms with Crippen molar-refractivity contribution in [2.75, 3.05) is 24.4 Å². The Hall–Kier alpha value is -5.85. The maximum Gasteiger partial charge on any atom is 0.276 e. The van der Waals surface area contributed by atoms with Crippen molar-refractivity contribution in [3.05, 3.63) is 95.3 Å². The normalized spacial score (nSPS) is 10.8. The molecule has 5 aromatic rings. The van der Waals surface area contributed by atoms with E-state index in [0.717, 1.165) is 11.3 Å². The highest BCUT2D eigenvalue weighted by Gasteiger charge is 2.21. The Morgan fingerprint density at radius 1 is 0.978 bits per heavy atom. The summed E-state index contributed by atoms with van der Waals surface area (Å²) in [5.74, 6) is 0.811. The molecular weight excluding hydrogens is 588 g/mol. The molecule has 0 aliphatic rings. The van der Waals surface area contributed by atoms with Crippen LogP contribution in [0.25, 0.3) is 11.0 Å². The zero-order chi connectivity index (χ0) is 32.6. The third kappa shape index (κ3) is 7.44. The highest BCUT2D eigenvalue weighted by Crippen LogP contribution is 2.30. The van der Waals surface area contributed by atoms with Crippen molar-refractivity contribution in [3.8, 4) is 17.2 Å². The summed E-state index contributed by atoms with van der Waals surface area (Å²) >= 11 is 0. The molecule has 0 aliphatic heterocycles. The van der Waals surface area contributed by atoms with E-state index in [1.54, 1.807) is 15.4 Å². The molecule has 0 bridgehead atoms. The van der Waals surface area contributed by atoms with Crippen LogP contribution in [0.15, 0.2) is 72.8 Å². The van der Waals surface area contributed by atoms with E-state index >= 15 is 0 Å². The number of primary amides is 1. The smallest absolute Gasteiger partial charge is 0.276 e. The Balaban J connectivity index is 1.22. The molecule has 3 amide bonds. The number of benzene rings is 3. The molecule has 0 saturated heterocycles. The molecule has 0 spiro atoms. The SMILES string of the molecule is CCn1nc(C)cc1C(=O)Nc1nc2cc(C(N)=O)cc(OC)c2n1NCCCC(=O)NCc1ccc(Oc2ccccc2)cc1. The zero-order valence-corrected chi connectivity index (χ0v) is 25.9. The molecule has 13 heteroatoms. The molecule has 0 atom stereocenters. The van der Waals surface area contributed by atoms with Crippen molar-refractivity contribution in [3.63, 3.8) is 0 Å². The first-order valence-electron chi connectivity index (χ1n) is 14.8. The van der Waals surface area contributed by atoms with Crippen molar-refractivity contribution < 1.29 is 23.9 Å². The summed E-state index contributed by atoms with van der Waals surface area (Å²) in [5.41, 5.74) is 11.9. The fourth-order valence-electron chi connectivity index (χ4n) is 4.87. The topological polar surface area (TPSA) is 167 Å². The van der Waals surface area contributed by atoms with Gasteiger partial charge in [-0.3, -0.25) is 24.4 Å². The van der Waals surface area contributed by atoms with Gasteiger partial charge in [-0.05, 0) is 68.3 Å². The van der Waals surface area contributed by atoms with Crippen molar-refractivity contribution in [2.45, 2.75) is 39.8 Å². The van der Waals surface area contributed by atoms with Gasteiger partial charge in [0.2, 0.25) is 17.8 Å². The first-order chi connectivity index (χ1) is 22.2. The Morgan fingerprint density at radius 2 is 1.72 bits per heavy atom. The standard InChI is InChI=1S/C33H36N8O5/c1-4-40-27(17-21(2)39-40)32(44)38-33-37-26-18-23(31(34)43)19-28(45-3)30(26)41(33)36-16-8-11-29(42)35-20-22-12-14-25(15-13-22)46-24-9-6-5-7-10-24/h5-7,9-10,12-15,17-19,36H,4,8,11,16,20H2,1-3H3,(H2,34,43)(H,35,42)(H,37,38,44). The lowest BCUT2D eigenvalue weighted by Gasteiger charge is -2.14. The van der Waals surface area contributed by atoms with Gasteiger partial charge in [-0.15, -0.1) is 0 Å². The van der Waals surface area contributed by atoms with Crippen LogP contribution in [0.1, 0.15) is 51.9 Å². The van der Waals surface area contributed by atoms with E-state index in [1.165, 1.54) is 19.2 Å². The van der Waals surface area contributed by atoms with Crippen LogP contribution in [0.3, 0.4) is 0 Å². The van der Waals surface area contributed by atoms with Gasteiger partial charge in [0.1, 0.15) is 28.5 Å². The van der Waals surface area contributed by atoms with Gasteiger partial charge < -0.3 is 25.9 Å². The summed E-state index contributed by atoms with van der Waals surface area (Å²) in [6.07, 6.45) is 0.737. The van der Waals surface area contributed by atoms with Crippen molar-refractivity contribution in [1.29, 1.82) is 0 Å². The lowest BCUT2D eigenvalue weighted by Crippen LogP contribution is -2.26. The van der Waals surface area contributed by atoms with Crippen LogP contribution in [-0.2, 0) is 17.9 Å². The van der Waals surface area contributed by atoms with E-state index in [0.29, 0.717) is 60.0 Å². The van der Waals surface area contributed by atoms with E-state index in [4.69, 9.17) is 15.2 Å². The average Bonchev–Trinajstić information content (AvgIpc) is 3.62. The summed E-state index contributed by atoms with van der Waals surface area (Å²) < 4.78 is 14.5. The Morgan fingerprint density at radius 3 is 2.41 bits per heavy atom. The predicted molar refractivity (Wildman–Crippen MR) is 174 cm³/mol. The molecule has 5 N–H and O–H groups in total. The number of aryl methyl sites for hydroxylation is 2. The monoisotopic (exact) mass is 624 g/mol. The van der Waals surface area contributed by atoms with Crippen LogP contribution in [0.2, 0.25) is 0 Å². The summed E-state index contributed by atoms with van der Waals surface area (Å²) in [4.78, 5) is 42.4. The molecule has 2 heterocycles. The molecule has 0 fully saturated rings. The number of hydrogen-bond donors (Lipinski definition) is 4. The van der Waals surface area contributed by atoms with E-state index in [-0.39, 0.29) is 23.8 Å². The Labute approximate surface area is 265 Å². The molecule has 238 valence electrons. The minimum Gasteiger partial charge on any atom is -0.494 e. The van der Waals surface area contributed by atoms with Crippen molar-refractivity contribution >= 4 is 34.7 Å². The maximum atomic E-state index is 13.3. The van der Waals surface area contributed by atoms with E-state index in [2.05, 4.69) is 26.1 Å². The van der Waals surface area contributed by atoms with Crippen LogP contribution in [-0.4, -0.2) is 50.8 Å². The quantitative estimate of drug-likeness (QED) is 0.132. The summed E-state index contributed by atoms with van der Waals surface area (Å²) in [7, 11) is 1.46. The van der Waals surface area contributed by atoms with Gasteiger partial charge in [0.25, 0.3) is 5.91 Å². The molecule has 13 nitrogen and oxygen atoms in total.